The van der Waals surface area contributed by atoms with E-state index >= 15 is 0 Å². The molecule has 0 radical (unpaired) electrons. The van der Waals surface area contributed by atoms with Crippen LogP contribution in [0.15, 0.2) is 12.2 Å². The van der Waals surface area contributed by atoms with Crippen molar-refractivity contribution >= 4 is 11.6 Å². The Labute approximate surface area is 74.6 Å². The van der Waals surface area contributed by atoms with E-state index in [0.717, 1.165) is 12.3 Å². The molecule has 0 aromatic rings. The molecule has 0 N–H and O–H groups in total. The van der Waals surface area contributed by atoms with E-state index < -0.39 is 0 Å². The standard InChI is InChI=1S/C10H17Cl/c1-10(2,3)8-4-6-9(11)7-5-8/h4,6,8-9H,5,7H2,1-3H3/t8-,9+/m0/s1. The Morgan fingerprint density at radius 2 is 1.82 bits per heavy atom. The smallest absolute Gasteiger partial charge is 0.0516 e. The highest BCUT2D eigenvalue weighted by Gasteiger charge is 2.24. The van der Waals surface area contributed by atoms with Crippen LogP contribution in [-0.4, -0.2) is 5.38 Å². The molecule has 0 nitrogen and oxygen atoms in total. The van der Waals surface area contributed by atoms with Crippen molar-refractivity contribution in [2.24, 2.45) is 11.3 Å². The van der Waals surface area contributed by atoms with Crippen molar-refractivity contribution in [3.8, 4) is 0 Å². The van der Waals surface area contributed by atoms with Crippen LogP contribution in [-0.2, 0) is 0 Å². The Kier molecular flexibility index (Phi) is 2.64. The van der Waals surface area contributed by atoms with Crippen LogP contribution in [0.25, 0.3) is 0 Å². The SMILES string of the molecule is CC(C)(C)[C@H]1C=C[C@@H](Cl)CC1. The molecule has 1 aliphatic carbocycles. The zero-order chi connectivity index (χ0) is 8.48. The van der Waals surface area contributed by atoms with Crippen molar-refractivity contribution < 1.29 is 0 Å². The van der Waals surface area contributed by atoms with Gasteiger partial charge in [-0.15, -0.1) is 11.6 Å². The molecule has 0 unspecified atom stereocenters. The van der Waals surface area contributed by atoms with Gasteiger partial charge in [-0.3, -0.25) is 0 Å². The molecule has 0 saturated heterocycles. The average Bonchev–Trinajstić information content (AvgIpc) is 1.86. The first-order valence-corrected chi connectivity index (χ1v) is 4.76. The van der Waals surface area contributed by atoms with Gasteiger partial charge in [-0.1, -0.05) is 32.9 Å². The minimum Gasteiger partial charge on any atom is -0.118 e. The first-order valence-electron chi connectivity index (χ1n) is 4.32. The number of hydrogen-bond acceptors (Lipinski definition) is 0. The van der Waals surface area contributed by atoms with Crippen LogP contribution in [0, 0.1) is 11.3 Å². The maximum atomic E-state index is 5.95. The topological polar surface area (TPSA) is 0 Å². The van der Waals surface area contributed by atoms with Gasteiger partial charge in [-0.05, 0) is 24.2 Å². The fraction of sp³-hybridized carbons (Fsp3) is 0.800. The van der Waals surface area contributed by atoms with Gasteiger partial charge in [0.1, 0.15) is 0 Å². The van der Waals surface area contributed by atoms with E-state index in [9.17, 15) is 0 Å². The highest BCUT2D eigenvalue weighted by molar-refractivity contribution is 6.21. The summed E-state index contributed by atoms with van der Waals surface area (Å²) < 4.78 is 0. The lowest BCUT2D eigenvalue weighted by Gasteiger charge is -2.31. The quantitative estimate of drug-likeness (QED) is 0.387. The van der Waals surface area contributed by atoms with Crippen LogP contribution in [0.1, 0.15) is 33.6 Å². The Balaban J connectivity index is 2.57. The molecule has 0 fully saturated rings. The lowest BCUT2D eigenvalue weighted by molar-refractivity contribution is 0.268. The van der Waals surface area contributed by atoms with E-state index in [0.29, 0.717) is 5.41 Å². The van der Waals surface area contributed by atoms with E-state index in [2.05, 4.69) is 32.9 Å². The van der Waals surface area contributed by atoms with Crippen molar-refractivity contribution in [2.75, 3.05) is 0 Å². The third kappa shape index (κ3) is 2.52. The van der Waals surface area contributed by atoms with E-state index in [4.69, 9.17) is 11.6 Å². The summed E-state index contributed by atoms with van der Waals surface area (Å²) in [6, 6.07) is 0. The largest absolute Gasteiger partial charge is 0.118 e. The molecule has 0 aromatic carbocycles. The molecule has 0 heterocycles. The Morgan fingerprint density at radius 1 is 1.18 bits per heavy atom. The van der Waals surface area contributed by atoms with Gasteiger partial charge in [0.15, 0.2) is 0 Å². The maximum Gasteiger partial charge on any atom is 0.0516 e. The fourth-order valence-corrected chi connectivity index (χ4v) is 1.72. The van der Waals surface area contributed by atoms with Crippen LogP contribution in [0.5, 0.6) is 0 Å². The Bertz CT molecular complexity index is 153. The van der Waals surface area contributed by atoms with Gasteiger partial charge in [-0.25, -0.2) is 0 Å². The summed E-state index contributed by atoms with van der Waals surface area (Å²) in [6.45, 7) is 6.86. The molecule has 0 amide bonds. The summed E-state index contributed by atoms with van der Waals surface area (Å²) in [7, 11) is 0. The second-order valence-electron chi connectivity index (χ2n) is 4.45. The lowest BCUT2D eigenvalue weighted by Crippen LogP contribution is -2.22. The molecule has 0 saturated carbocycles. The molecule has 0 aromatic heterocycles. The number of rotatable bonds is 0. The number of allylic oxidation sites excluding steroid dienone is 2. The molecule has 2 atom stereocenters. The van der Waals surface area contributed by atoms with Crippen molar-refractivity contribution in [2.45, 2.75) is 39.0 Å². The molecular weight excluding hydrogens is 156 g/mol. The summed E-state index contributed by atoms with van der Waals surface area (Å²) in [4.78, 5) is 0. The third-order valence-corrected chi connectivity index (χ3v) is 2.78. The van der Waals surface area contributed by atoms with Gasteiger partial charge >= 0.3 is 0 Å². The summed E-state index contributed by atoms with van der Waals surface area (Å²) in [6.07, 6.45) is 6.80. The van der Waals surface area contributed by atoms with Crippen molar-refractivity contribution in [1.82, 2.24) is 0 Å². The molecule has 0 aliphatic heterocycles. The number of halogens is 1. The van der Waals surface area contributed by atoms with E-state index in [1.54, 1.807) is 0 Å². The highest BCUT2D eigenvalue weighted by Crippen LogP contribution is 2.34. The van der Waals surface area contributed by atoms with Crippen LogP contribution in [0.2, 0.25) is 0 Å². The third-order valence-electron chi connectivity index (χ3n) is 2.42. The predicted molar refractivity (Wildman–Crippen MR) is 51.0 cm³/mol. The maximum absolute atomic E-state index is 5.95. The minimum absolute atomic E-state index is 0.286. The van der Waals surface area contributed by atoms with Gasteiger partial charge in [0.2, 0.25) is 0 Å². The molecular formula is C10H17Cl. The molecule has 1 aliphatic rings. The van der Waals surface area contributed by atoms with Gasteiger partial charge in [0.05, 0.1) is 5.38 Å². The first kappa shape index (κ1) is 9.12. The van der Waals surface area contributed by atoms with Crippen molar-refractivity contribution in [1.29, 1.82) is 0 Å². The molecule has 1 rings (SSSR count). The summed E-state index contributed by atoms with van der Waals surface area (Å²) in [5.74, 6) is 0.720. The Morgan fingerprint density at radius 3 is 2.18 bits per heavy atom. The zero-order valence-electron chi connectivity index (χ0n) is 7.60. The molecule has 64 valence electrons. The second-order valence-corrected chi connectivity index (χ2v) is 5.01. The minimum atomic E-state index is 0.286. The molecule has 11 heavy (non-hydrogen) atoms. The van der Waals surface area contributed by atoms with Gasteiger partial charge in [0, 0.05) is 0 Å². The Hall–Kier alpha value is 0.0300. The van der Waals surface area contributed by atoms with Gasteiger partial charge in [0.25, 0.3) is 0 Å². The zero-order valence-corrected chi connectivity index (χ0v) is 8.36. The highest BCUT2D eigenvalue weighted by atomic mass is 35.5. The molecule has 1 heteroatoms. The summed E-state index contributed by atoms with van der Waals surface area (Å²) in [5.41, 5.74) is 0.410. The predicted octanol–water partition coefficient (Wildman–Crippen LogP) is 3.61. The van der Waals surface area contributed by atoms with Crippen molar-refractivity contribution in [3.05, 3.63) is 12.2 Å². The summed E-state index contributed by atoms with van der Waals surface area (Å²) in [5, 5.41) is 0.286. The van der Waals surface area contributed by atoms with Crippen LogP contribution >= 0.6 is 11.6 Å². The van der Waals surface area contributed by atoms with E-state index in [-0.39, 0.29) is 5.38 Å². The van der Waals surface area contributed by atoms with Crippen LogP contribution < -0.4 is 0 Å². The fourth-order valence-electron chi connectivity index (χ4n) is 1.51. The van der Waals surface area contributed by atoms with E-state index in [1.807, 2.05) is 0 Å². The number of alkyl halides is 1. The second kappa shape index (κ2) is 3.18. The van der Waals surface area contributed by atoms with Gasteiger partial charge in [-0.2, -0.15) is 0 Å². The normalized spacial score (nSPS) is 32.4. The van der Waals surface area contributed by atoms with Crippen LogP contribution in [0.3, 0.4) is 0 Å². The average molecular weight is 173 g/mol. The number of hydrogen-bond donors (Lipinski definition) is 0. The van der Waals surface area contributed by atoms with E-state index in [1.165, 1.54) is 6.42 Å². The molecule has 0 spiro atoms. The van der Waals surface area contributed by atoms with Crippen molar-refractivity contribution in [3.63, 3.8) is 0 Å². The monoisotopic (exact) mass is 172 g/mol. The van der Waals surface area contributed by atoms with Crippen LogP contribution in [0.4, 0.5) is 0 Å². The summed E-state index contributed by atoms with van der Waals surface area (Å²) >= 11 is 5.95. The van der Waals surface area contributed by atoms with Gasteiger partial charge < -0.3 is 0 Å². The molecule has 0 bridgehead atoms. The lowest BCUT2D eigenvalue weighted by atomic mass is 9.76. The first-order chi connectivity index (χ1) is 5.00.